The molecule has 6 nitrogen and oxygen atoms in total. The van der Waals surface area contributed by atoms with E-state index in [1.165, 1.54) is 7.11 Å². The molecular formula is C15H13N3O3. The first-order chi connectivity index (χ1) is 10.2. The van der Waals surface area contributed by atoms with E-state index in [4.69, 9.17) is 4.74 Å². The van der Waals surface area contributed by atoms with Gasteiger partial charge in [-0.15, -0.1) is 10.0 Å². The fourth-order valence-corrected chi connectivity index (χ4v) is 1.75. The number of rotatable bonds is 5. The summed E-state index contributed by atoms with van der Waals surface area (Å²) in [6, 6.07) is 9.70. The van der Waals surface area contributed by atoms with Crippen molar-refractivity contribution < 1.29 is 9.53 Å². The Morgan fingerprint density at radius 1 is 1.05 bits per heavy atom. The zero-order valence-electron chi connectivity index (χ0n) is 11.6. The van der Waals surface area contributed by atoms with Crippen LogP contribution in [-0.2, 0) is 0 Å². The molecule has 0 aliphatic carbocycles. The minimum atomic E-state index is 0.324. The normalized spacial score (nSPS) is 10.6. The summed E-state index contributed by atoms with van der Waals surface area (Å²) < 4.78 is 5.22. The number of benzene rings is 2. The molecule has 0 saturated carbocycles. The second kappa shape index (κ2) is 6.51. The molecule has 2 aromatic carbocycles. The molecule has 0 heterocycles. The molecule has 106 valence electrons. The summed E-state index contributed by atoms with van der Waals surface area (Å²) in [5.41, 5.74) is 2.69. The lowest BCUT2D eigenvalue weighted by atomic mass is 10.1. The third kappa shape index (κ3) is 3.36. The highest BCUT2D eigenvalue weighted by atomic mass is 16.5. The van der Waals surface area contributed by atoms with Crippen LogP contribution in [0.3, 0.4) is 0 Å². The molecule has 0 N–H and O–H groups in total. The molecule has 0 aliphatic rings. The fourth-order valence-electron chi connectivity index (χ4n) is 1.75. The summed E-state index contributed by atoms with van der Waals surface area (Å²) in [6.45, 7) is 1.82. The standard InChI is InChI=1S/C15H13N3O3/c1-10-7-15(21-2)14(8-11(10)9-19)17-16-12-3-5-13(18-20)6-4-12/h3-9H,1-2H3. The Morgan fingerprint density at radius 2 is 1.71 bits per heavy atom. The lowest BCUT2D eigenvalue weighted by Crippen LogP contribution is -1.90. The predicted molar refractivity (Wildman–Crippen MR) is 79.2 cm³/mol. The van der Waals surface area contributed by atoms with Crippen LogP contribution >= 0.6 is 0 Å². The highest BCUT2D eigenvalue weighted by Gasteiger charge is 2.07. The lowest BCUT2D eigenvalue weighted by molar-refractivity contribution is 0.112. The summed E-state index contributed by atoms with van der Waals surface area (Å²) in [4.78, 5) is 21.3. The van der Waals surface area contributed by atoms with Crippen molar-refractivity contribution in [2.45, 2.75) is 6.92 Å². The number of carbonyl (C=O) groups is 1. The third-order valence-corrected chi connectivity index (χ3v) is 2.92. The molecule has 0 atom stereocenters. The van der Waals surface area contributed by atoms with Gasteiger partial charge in [0, 0.05) is 5.56 Å². The van der Waals surface area contributed by atoms with E-state index in [1.807, 2.05) is 6.92 Å². The quantitative estimate of drug-likeness (QED) is 0.455. The number of aryl methyl sites for hydroxylation is 1. The number of ether oxygens (including phenoxy) is 1. The van der Waals surface area contributed by atoms with Gasteiger partial charge in [0.1, 0.15) is 23.4 Å². The molecule has 0 radical (unpaired) electrons. The first-order valence-corrected chi connectivity index (χ1v) is 6.17. The number of methoxy groups -OCH3 is 1. The van der Waals surface area contributed by atoms with E-state index in [1.54, 1.807) is 36.4 Å². The Morgan fingerprint density at radius 3 is 2.29 bits per heavy atom. The van der Waals surface area contributed by atoms with Crippen molar-refractivity contribution >= 4 is 23.3 Å². The van der Waals surface area contributed by atoms with E-state index in [9.17, 15) is 9.70 Å². The average molecular weight is 283 g/mol. The van der Waals surface area contributed by atoms with Gasteiger partial charge in [0.05, 0.1) is 12.8 Å². The van der Waals surface area contributed by atoms with E-state index >= 15 is 0 Å². The minimum absolute atomic E-state index is 0.324. The molecule has 0 spiro atoms. The molecule has 0 saturated heterocycles. The fraction of sp³-hybridized carbons (Fsp3) is 0.133. The van der Waals surface area contributed by atoms with Crippen LogP contribution in [0.25, 0.3) is 0 Å². The summed E-state index contributed by atoms with van der Waals surface area (Å²) in [6.07, 6.45) is 0.762. The van der Waals surface area contributed by atoms with Crippen LogP contribution in [0.4, 0.5) is 17.1 Å². The van der Waals surface area contributed by atoms with Gasteiger partial charge in [-0.25, -0.2) is 0 Å². The Hall–Kier alpha value is -2.89. The van der Waals surface area contributed by atoms with Crippen LogP contribution in [0.2, 0.25) is 0 Å². The van der Waals surface area contributed by atoms with E-state index < -0.39 is 0 Å². The van der Waals surface area contributed by atoms with Crippen molar-refractivity contribution in [2.75, 3.05) is 7.11 Å². The molecular weight excluding hydrogens is 270 g/mol. The van der Waals surface area contributed by atoms with Crippen molar-refractivity contribution in [1.29, 1.82) is 0 Å². The van der Waals surface area contributed by atoms with Crippen LogP contribution in [0.1, 0.15) is 15.9 Å². The number of carbonyl (C=O) groups excluding carboxylic acids is 1. The Bertz CT molecular complexity index is 694. The Kier molecular flexibility index (Phi) is 4.50. The van der Waals surface area contributed by atoms with Crippen LogP contribution in [-0.4, -0.2) is 13.4 Å². The highest BCUT2D eigenvalue weighted by molar-refractivity contribution is 5.80. The average Bonchev–Trinajstić information content (AvgIpc) is 2.53. The van der Waals surface area contributed by atoms with Crippen molar-refractivity contribution in [2.24, 2.45) is 15.4 Å². The van der Waals surface area contributed by atoms with E-state index in [0.29, 0.717) is 28.4 Å². The number of nitroso groups, excluding NO2 is 1. The molecule has 2 aromatic rings. The maximum atomic E-state index is 11.0. The SMILES string of the molecule is COc1cc(C)c(C=O)cc1N=Nc1ccc(N=O)cc1. The molecule has 2 rings (SSSR count). The van der Waals surface area contributed by atoms with Crippen molar-refractivity contribution in [3.8, 4) is 5.75 Å². The van der Waals surface area contributed by atoms with Gasteiger partial charge in [-0.3, -0.25) is 4.79 Å². The summed E-state index contributed by atoms with van der Waals surface area (Å²) in [5, 5.41) is 10.9. The second-order valence-electron chi connectivity index (χ2n) is 4.31. The van der Waals surface area contributed by atoms with Crippen LogP contribution in [0.15, 0.2) is 51.8 Å². The van der Waals surface area contributed by atoms with Crippen molar-refractivity contribution in [3.63, 3.8) is 0 Å². The van der Waals surface area contributed by atoms with Gasteiger partial charge in [-0.05, 0) is 54.1 Å². The molecule has 0 aromatic heterocycles. The minimum Gasteiger partial charge on any atom is -0.494 e. The molecule has 0 unspecified atom stereocenters. The van der Waals surface area contributed by atoms with Crippen LogP contribution in [0, 0.1) is 11.8 Å². The highest BCUT2D eigenvalue weighted by Crippen LogP contribution is 2.32. The zero-order valence-corrected chi connectivity index (χ0v) is 11.6. The smallest absolute Gasteiger partial charge is 0.150 e. The van der Waals surface area contributed by atoms with Gasteiger partial charge in [0.2, 0.25) is 0 Å². The summed E-state index contributed by atoms with van der Waals surface area (Å²) >= 11 is 0. The molecule has 0 aliphatic heterocycles. The van der Waals surface area contributed by atoms with Gasteiger partial charge < -0.3 is 4.74 Å². The van der Waals surface area contributed by atoms with Gasteiger partial charge in [0.25, 0.3) is 0 Å². The van der Waals surface area contributed by atoms with Crippen molar-refractivity contribution in [3.05, 3.63) is 52.4 Å². The maximum Gasteiger partial charge on any atom is 0.150 e. The van der Waals surface area contributed by atoms with Crippen molar-refractivity contribution in [1.82, 2.24) is 0 Å². The number of hydrogen-bond acceptors (Lipinski definition) is 6. The van der Waals surface area contributed by atoms with E-state index in [-0.39, 0.29) is 0 Å². The summed E-state index contributed by atoms with van der Waals surface area (Å²) in [5.74, 6) is 0.535. The van der Waals surface area contributed by atoms with Gasteiger partial charge in [-0.2, -0.15) is 5.11 Å². The first kappa shape index (κ1) is 14.5. The molecule has 0 amide bonds. The zero-order chi connectivity index (χ0) is 15.2. The number of azo groups is 1. The predicted octanol–water partition coefficient (Wildman–Crippen LogP) is 4.63. The van der Waals surface area contributed by atoms with Crippen LogP contribution < -0.4 is 4.74 Å². The monoisotopic (exact) mass is 283 g/mol. The van der Waals surface area contributed by atoms with Gasteiger partial charge >= 0.3 is 0 Å². The largest absolute Gasteiger partial charge is 0.494 e. The number of nitrogens with zero attached hydrogens (tertiary/aromatic N) is 3. The van der Waals surface area contributed by atoms with E-state index in [2.05, 4.69) is 15.4 Å². The molecule has 0 fully saturated rings. The lowest BCUT2D eigenvalue weighted by Gasteiger charge is -2.06. The first-order valence-electron chi connectivity index (χ1n) is 6.17. The molecule has 6 heteroatoms. The van der Waals surface area contributed by atoms with E-state index in [0.717, 1.165) is 11.8 Å². The Labute approximate surface area is 121 Å². The van der Waals surface area contributed by atoms with Crippen LogP contribution in [0.5, 0.6) is 5.75 Å². The Balaban J connectivity index is 2.34. The summed E-state index contributed by atoms with van der Waals surface area (Å²) in [7, 11) is 1.53. The van der Waals surface area contributed by atoms with Gasteiger partial charge in [0.15, 0.2) is 0 Å². The molecule has 0 bridgehead atoms. The number of hydrogen-bond donors (Lipinski definition) is 0. The maximum absolute atomic E-state index is 11.0. The van der Waals surface area contributed by atoms with Gasteiger partial charge in [-0.1, -0.05) is 0 Å². The third-order valence-electron chi connectivity index (χ3n) is 2.92. The number of aldehydes is 1. The topological polar surface area (TPSA) is 80.4 Å². The second-order valence-corrected chi connectivity index (χ2v) is 4.31. The molecule has 21 heavy (non-hydrogen) atoms.